The molecule has 16 heavy (non-hydrogen) atoms. The summed E-state index contributed by atoms with van der Waals surface area (Å²) in [5.74, 6) is -0.0935. The van der Waals surface area contributed by atoms with E-state index in [1.54, 1.807) is 12.1 Å². The zero-order chi connectivity index (χ0) is 12.3. The van der Waals surface area contributed by atoms with Crippen molar-refractivity contribution in [3.8, 4) is 0 Å². The molecule has 0 heterocycles. The number of benzene rings is 1. The summed E-state index contributed by atoms with van der Waals surface area (Å²) >= 11 is 0. The van der Waals surface area contributed by atoms with Gasteiger partial charge < -0.3 is 4.90 Å². The standard InChI is InChI=1S/C10H12ClNO3S/c1-3-12(8(2)13)9-4-6-10(7-5-9)16(11,14)15/h4-7H,3H2,1-2H3. The second-order valence-electron chi connectivity index (χ2n) is 3.20. The Kier molecular flexibility index (Phi) is 3.93. The molecule has 1 rings (SSSR count). The third kappa shape index (κ3) is 2.96. The number of anilines is 1. The van der Waals surface area contributed by atoms with Crippen molar-refractivity contribution in [2.24, 2.45) is 0 Å². The van der Waals surface area contributed by atoms with Gasteiger partial charge in [0.05, 0.1) is 4.90 Å². The van der Waals surface area contributed by atoms with Gasteiger partial charge in [0.15, 0.2) is 0 Å². The molecule has 0 aromatic heterocycles. The second kappa shape index (κ2) is 4.84. The molecule has 0 unspecified atom stereocenters. The minimum Gasteiger partial charge on any atom is -0.313 e. The van der Waals surface area contributed by atoms with Crippen molar-refractivity contribution in [3.63, 3.8) is 0 Å². The molecule has 0 saturated heterocycles. The highest BCUT2D eigenvalue weighted by Gasteiger charge is 2.12. The first-order chi connectivity index (χ1) is 7.36. The largest absolute Gasteiger partial charge is 0.313 e. The molecule has 1 aromatic carbocycles. The lowest BCUT2D eigenvalue weighted by Crippen LogP contribution is -2.27. The molecule has 0 atom stereocenters. The lowest BCUT2D eigenvalue weighted by Gasteiger charge is -2.18. The van der Waals surface area contributed by atoms with E-state index in [4.69, 9.17) is 10.7 Å². The fourth-order valence-electron chi connectivity index (χ4n) is 1.38. The maximum atomic E-state index is 11.2. The van der Waals surface area contributed by atoms with Gasteiger partial charge in [0, 0.05) is 29.8 Å². The number of hydrogen-bond donors (Lipinski definition) is 0. The third-order valence-electron chi connectivity index (χ3n) is 2.13. The Labute approximate surface area is 99.2 Å². The summed E-state index contributed by atoms with van der Waals surface area (Å²) in [5, 5.41) is 0. The third-order valence-corrected chi connectivity index (χ3v) is 3.50. The van der Waals surface area contributed by atoms with Crippen LogP contribution in [0.2, 0.25) is 0 Å². The molecule has 0 radical (unpaired) electrons. The lowest BCUT2D eigenvalue weighted by atomic mass is 10.3. The normalized spacial score (nSPS) is 11.2. The Morgan fingerprint density at radius 3 is 2.12 bits per heavy atom. The predicted molar refractivity (Wildman–Crippen MR) is 63.2 cm³/mol. The van der Waals surface area contributed by atoms with Crippen LogP contribution in [0, 0.1) is 0 Å². The van der Waals surface area contributed by atoms with Gasteiger partial charge in [-0.1, -0.05) is 0 Å². The number of halogens is 1. The molecule has 0 fully saturated rings. The van der Waals surface area contributed by atoms with Crippen LogP contribution in [0.1, 0.15) is 13.8 Å². The van der Waals surface area contributed by atoms with Gasteiger partial charge in [-0.15, -0.1) is 0 Å². The number of carbonyl (C=O) groups excluding carboxylic acids is 1. The van der Waals surface area contributed by atoms with Crippen LogP contribution in [0.25, 0.3) is 0 Å². The highest BCUT2D eigenvalue weighted by atomic mass is 35.7. The first kappa shape index (κ1) is 13.0. The molecule has 0 spiro atoms. The summed E-state index contributed by atoms with van der Waals surface area (Å²) in [6.07, 6.45) is 0. The Hall–Kier alpha value is -1.07. The fraction of sp³-hybridized carbons (Fsp3) is 0.300. The Bertz CT molecular complexity index is 481. The molecule has 88 valence electrons. The maximum Gasteiger partial charge on any atom is 0.261 e. The first-order valence-corrected chi connectivity index (χ1v) is 7.00. The summed E-state index contributed by atoms with van der Waals surface area (Å²) in [5.41, 5.74) is 0.652. The molecule has 0 aliphatic heterocycles. The number of carbonyl (C=O) groups is 1. The van der Waals surface area contributed by atoms with Gasteiger partial charge in [-0.3, -0.25) is 4.79 Å². The maximum absolute atomic E-state index is 11.2. The summed E-state index contributed by atoms with van der Waals surface area (Å²) in [6, 6.07) is 5.87. The summed E-state index contributed by atoms with van der Waals surface area (Å²) < 4.78 is 22.0. The smallest absolute Gasteiger partial charge is 0.261 e. The van der Waals surface area contributed by atoms with Crippen molar-refractivity contribution in [3.05, 3.63) is 24.3 Å². The molecule has 0 saturated carbocycles. The van der Waals surface area contributed by atoms with Gasteiger partial charge in [0.25, 0.3) is 9.05 Å². The Balaban J connectivity index is 3.08. The van der Waals surface area contributed by atoms with Crippen LogP contribution in [0.15, 0.2) is 29.2 Å². The number of rotatable bonds is 3. The van der Waals surface area contributed by atoms with Crippen LogP contribution in [0.5, 0.6) is 0 Å². The van der Waals surface area contributed by atoms with E-state index in [2.05, 4.69) is 0 Å². The van der Waals surface area contributed by atoms with Gasteiger partial charge in [0.2, 0.25) is 5.91 Å². The van der Waals surface area contributed by atoms with Gasteiger partial charge in [-0.25, -0.2) is 8.42 Å². The monoisotopic (exact) mass is 261 g/mol. The SMILES string of the molecule is CCN(C(C)=O)c1ccc(S(=O)(=O)Cl)cc1. The van der Waals surface area contributed by atoms with Gasteiger partial charge in [0.1, 0.15) is 0 Å². The first-order valence-electron chi connectivity index (χ1n) is 4.69. The van der Waals surface area contributed by atoms with E-state index in [0.717, 1.165) is 0 Å². The Morgan fingerprint density at radius 2 is 1.81 bits per heavy atom. The minimum absolute atomic E-state index is 0.0255. The molecule has 0 aliphatic rings. The van der Waals surface area contributed by atoms with Crippen LogP contribution in [-0.4, -0.2) is 20.9 Å². The van der Waals surface area contributed by atoms with Crippen molar-refractivity contribution in [1.82, 2.24) is 0 Å². The average Bonchev–Trinajstić information content (AvgIpc) is 2.17. The van der Waals surface area contributed by atoms with Gasteiger partial charge in [-0.05, 0) is 31.2 Å². The molecule has 4 nitrogen and oxygen atoms in total. The molecule has 1 amide bonds. The molecular weight excluding hydrogens is 250 g/mol. The summed E-state index contributed by atoms with van der Waals surface area (Å²) in [4.78, 5) is 12.8. The van der Waals surface area contributed by atoms with Crippen LogP contribution >= 0.6 is 10.7 Å². The molecular formula is C10H12ClNO3S. The van der Waals surface area contributed by atoms with Crippen molar-refractivity contribution >= 4 is 31.3 Å². The lowest BCUT2D eigenvalue weighted by molar-refractivity contribution is -0.116. The fourth-order valence-corrected chi connectivity index (χ4v) is 2.15. The molecule has 6 heteroatoms. The molecule has 0 bridgehead atoms. The molecule has 0 N–H and O–H groups in total. The number of amides is 1. The zero-order valence-electron chi connectivity index (χ0n) is 8.97. The highest BCUT2D eigenvalue weighted by molar-refractivity contribution is 8.13. The van der Waals surface area contributed by atoms with E-state index in [-0.39, 0.29) is 10.8 Å². The average molecular weight is 262 g/mol. The van der Waals surface area contributed by atoms with Crippen molar-refractivity contribution in [1.29, 1.82) is 0 Å². The zero-order valence-corrected chi connectivity index (χ0v) is 10.5. The Morgan fingerprint density at radius 1 is 1.31 bits per heavy atom. The second-order valence-corrected chi connectivity index (χ2v) is 5.76. The van der Waals surface area contributed by atoms with Crippen molar-refractivity contribution < 1.29 is 13.2 Å². The predicted octanol–water partition coefficient (Wildman–Crippen LogP) is 1.99. The quantitative estimate of drug-likeness (QED) is 0.782. The summed E-state index contributed by atoms with van der Waals surface area (Å²) in [6.45, 7) is 3.83. The number of hydrogen-bond acceptors (Lipinski definition) is 3. The van der Waals surface area contributed by atoms with Crippen molar-refractivity contribution in [2.45, 2.75) is 18.7 Å². The molecule has 0 aliphatic carbocycles. The van der Waals surface area contributed by atoms with E-state index < -0.39 is 9.05 Å². The van der Waals surface area contributed by atoms with E-state index in [1.807, 2.05) is 6.92 Å². The van der Waals surface area contributed by atoms with Crippen molar-refractivity contribution in [2.75, 3.05) is 11.4 Å². The molecule has 1 aromatic rings. The van der Waals surface area contributed by atoms with E-state index in [9.17, 15) is 13.2 Å². The number of nitrogens with zero attached hydrogens (tertiary/aromatic N) is 1. The van der Waals surface area contributed by atoms with Crippen LogP contribution in [0.3, 0.4) is 0 Å². The topological polar surface area (TPSA) is 54.5 Å². The van der Waals surface area contributed by atoms with Gasteiger partial charge >= 0.3 is 0 Å². The van der Waals surface area contributed by atoms with E-state index in [0.29, 0.717) is 12.2 Å². The minimum atomic E-state index is -3.70. The van der Waals surface area contributed by atoms with E-state index >= 15 is 0 Å². The summed E-state index contributed by atoms with van der Waals surface area (Å²) in [7, 11) is 1.48. The van der Waals surface area contributed by atoms with Crippen LogP contribution in [0.4, 0.5) is 5.69 Å². The highest BCUT2D eigenvalue weighted by Crippen LogP contribution is 2.20. The van der Waals surface area contributed by atoms with Crippen LogP contribution in [-0.2, 0) is 13.8 Å². The van der Waals surface area contributed by atoms with Gasteiger partial charge in [-0.2, -0.15) is 0 Å². The van der Waals surface area contributed by atoms with E-state index in [1.165, 1.54) is 24.0 Å². The van der Waals surface area contributed by atoms with Crippen LogP contribution < -0.4 is 4.90 Å².